The first-order chi connectivity index (χ1) is 6.25. The highest BCUT2D eigenvalue weighted by molar-refractivity contribution is 5.55. The number of nitrogens with two attached hydrogens (primary N) is 1. The lowest BCUT2D eigenvalue weighted by Crippen LogP contribution is -2.52. The molecule has 0 radical (unpaired) electrons. The van der Waals surface area contributed by atoms with Crippen LogP contribution in [-0.2, 0) is 0 Å². The van der Waals surface area contributed by atoms with Crippen LogP contribution in [0.2, 0.25) is 0 Å². The minimum absolute atomic E-state index is 0.462. The number of anilines is 2. The summed E-state index contributed by atoms with van der Waals surface area (Å²) in [4.78, 5) is 10.3. The molecule has 0 atom stereocenters. The Balaban J connectivity index is 1.98. The number of nitrogens with one attached hydrogen (secondary N) is 1. The molecule has 0 aliphatic carbocycles. The zero-order chi connectivity index (χ0) is 9.26. The van der Waals surface area contributed by atoms with Crippen molar-refractivity contribution in [2.75, 3.05) is 31.2 Å². The predicted molar refractivity (Wildman–Crippen MR) is 51.4 cm³/mol. The number of hydrogen-bond donors (Lipinski definition) is 2. The van der Waals surface area contributed by atoms with Crippen LogP contribution in [0.25, 0.3) is 0 Å². The maximum absolute atomic E-state index is 5.63. The van der Waals surface area contributed by atoms with Gasteiger partial charge in [-0.15, -0.1) is 0 Å². The van der Waals surface area contributed by atoms with Gasteiger partial charge in [-0.2, -0.15) is 0 Å². The third kappa shape index (κ3) is 1.70. The second-order valence-corrected chi connectivity index (χ2v) is 3.35. The van der Waals surface area contributed by atoms with Gasteiger partial charge in [0, 0.05) is 25.5 Å². The predicted octanol–water partition coefficient (Wildman–Crippen LogP) is -0.215. The number of nitrogens with zero attached hydrogens (tertiary/aromatic N) is 3. The third-order valence-corrected chi connectivity index (χ3v) is 2.13. The van der Waals surface area contributed by atoms with Gasteiger partial charge < -0.3 is 16.0 Å². The van der Waals surface area contributed by atoms with Gasteiger partial charge in [-0.25, -0.2) is 9.97 Å². The van der Waals surface area contributed by atoms with Crippen molar-refractivity contribution < 1.29 is 0 Å². The van der Waals surface area contributed by atoms with Crippen molar-refractivity contribution in [3.63, 3.8) is 0 Å². The third-order valence-electron chi connectivity index (χ3n) is 2.13. The van der Waals surface area contributed by atoms with E-state index in [9.17, 15) is 0 Å². The van der Waals surface area contributed by atoms with E-state index in [1.807, 2.05) is 0 Å². The van der Waals surface area contributed by atoms with Gasteiger partial charge in [0.25, 0.3) is 0 Å². The highest BCUT2D eigenvalue weighted by atomic mass is 15.2. The molecule has 0 unspecified atom stereocenters. The van der Waals surface area contributed by atoms with Gasteiger partial charge in [0.15, 0.2) is 11.6 Å². The Morgan fingerprint density at radius 1 is 1.46 bits per heavy atom. The largest absolute Gasteiger partial charge is 0.381 e. The summed E-state index contributed by atoms with van der Waals surface area (Å²) >= 11 is 0. The Morgan fingerprint density at radius 2 is 2.15 bits per heavy atom. The Hall–Kier alpha value is -1.36. The molecule has 1 aromatic heterocycles. The zero-order valence-corrected chi connectivity index (χ0v) is 7.57. The quantitative estimate of drug-likeness (QED) is 0.657. The molecule has 13 heavy (non-hydrogen) atoms. The molecule has 0 saturated carbocycles. The first-order valence-electron chi connectivity index (χ1n) is 4.27. The van der Waals surface area contributed by atoms with Gasteiger partial charge in [-0.05, 0) is 7.05 Å². The van der Waals surface area contributed by atoms with Gasteiger partial charge in [-0.1, -0.05) is 0 Å². The smallest absolute Gasteiger partial charge is 0.169 e. The summed E-state index contributed by atoms with van der Waals surface area (Å²) < 4.78 is 0. The fraction of sp³-hybridized carbons (Fsp3) is 0.500. The number of rotatable bonds is 2. The number of likely N-dealkylation sites (N-methyl/N-ethyl adjacent to an activating group) is 1. The number of aromatic nitrogens is 2. The van der Waals surface area contributed by atoms with E-state index in [0.29, 0.717) is 17.7 Å². The number of likely N-dealkylation sites (tertiary alicyclic amines) is 1. The van der Waals surface area contributed by atoms with Crippen LogP contribution in [0.15, 0.2) is 12.4 Å². The van der Waals surface area contributed by atoms with E-state index in [4.69, 9.17) is 5.73 Å². The molecular formula is C8H13N5. The zero-order valence-electron chi connectivity index (χ0n) is 7.57. The molecule has 3 N–H and O–H groups in total. The van der Waals surface area contributed by atoms with Crippen LogP contribution in [0, 0.1) is 0 Å². The molecule has 2 heterocycles. The topological polar surface area (TPSA) is 67.1 Å². The van der Waals surface area contributed by atoms with E-state index in [2.05, 4.69) is 27.2 Å². The molecule has 1 aliphatic rings. The fourth-order valence-corrected chi connectivity index (χ4v) is 1.44. The van der Waals surface area contributed by atoms with E-state index in [1.54, 1.807) is 12.4 Å². The highest BCUT2D eigenvalue weighted by Crippen LogP contribution is 2.15. The summed E-state index contributed by atoms with van der Waals surface area (Å²) in [5.41, 5.74) is 5.63. The van der Waals surface area contributed by atoms with E-state index >= 15 is 0 Å². The van der Waals surface area contributed by atoms with Crippen LogP contribution in [0.4, 0.5) is 11.6 Å². The summed E-state index contributed by atoms with van der Waals surface area (Å²) in [6.45, 7) is 2.08. The van der Waals surface area contributed by atoms with Gasteiger partial charge in [0.1, 0.15) is 0 Å². The van der Waals surface area contributed by atoms with Crippen LogP contribution >= 0.6 is 0 Å². The maximum atomic E-state index is 5.63. The molecule has 5 heteroatoms. The summed E-state index contributed by atoms with van der Waals surface area (Å²) in [6, 6.07) is 0.462. The molecule has 0 bridgehead atoms. The van der Waals surface area contributed by atoms with E-state index < -0.39 is 0 Å². The summed E-state index contributed by atoms with van der Waals surface area (Å²) in [5, 5.41) is 3.24. The molecule has 0 spiro atoms. The number of hydrogen-bond acceptors (Lipinski definition) is 5. The van der Waals surface area contributed by atoms with Gasteiger partial charge in [0.2, 0.25) is 0 Å². The van der Waals surface area contributed by atoms with Crippen molar-refractivity contribution in [1.82, 2.24) is 14.9 Å². The van der Waals surface area contributed by atoms with Crippen LogP contribution in [0.5, 0.6) is 0 Å². The van der Waals surface area contributed by atoms with Gasteiger partial charge in [0.05, 0.1) is 6.04 Å². The SMILES string of the molecule is CN1CC(Nc2nccnc2N)C1. The van der Waals surface area contributed by atoms with Crippen molar-refractivity contribution in [1.29, 1.82) is 0 Å². The fourth-order valence-electron chi connectivity index (χ4n) is 1.44. The minimum Gasteiger partial charge on any atom is -0.381 e. The molecule has 1 saturated heterocycles. The normalized spacial score (nSPS) is 18.2. The van der Waals surface area contributed by atoms with E-state index in [0.717, 1.165) is 13.1 Å². The molecule has 1 aliphatic heterocycles. The summed E-state index contributed by atoms with van der Waals surface area (Å²) in [7, 11) is 2.08. The lowest BCUT2D eigenvalue weighted by molar-refractivity contribution is 0.205. The van der Waals surface area contributed by atoms with Crippen LogP contribution < -0.4 is 11.1 Å². The molecular weight excluding hydrogens is 166 g/mol. The van der Waals surface area contributed by atoms with Crippen molar-refractivity contribution in [2.24, 2.45) is 0 Å². The molecule has 2 rings (SSSR count). The Labute approximate surface area is 77.0 Å². The van der Waals surface area contributed by atoms with Crippen LogP contribution in [0.3, 0.4) is 0 Å². The van der Waals surface area contributed by atoms with Crippen molar-refractivity contribution in [3.8, 4) is 0 Å². The molecule has 5 nitrogen and oxygen atoms in total. The molecule has 1 aromatic rings. The Kier molecular flexibility index (Phi) is 2.02. The van der Waals surface area contributed by atoms with Gasteiger partial charge >= 0.3 is 0 Å². The Morgan fingerprint density at radius 3 is 2.77 bits per heavy atom. The second kappa shape index (κ2) is 3.18. The number of nitrogen functional groups attached to an aromatic ring is 1. The van der Waals surface area contributed by atoms with Crippen LogP contribution in [-0.4, -0.2) is 41.0 Å². The molecule has 70 valence electrons. The van der Waals surface area contributed by atoms with Crippen molar-refractivity contribution in [2.45, 2.75) is 6.04 Å². The maximum Gasteiger partial charge on any atom is 0.169 e. The highest BCUT2D eigenvalue weighted by Gasteiger charge is 2.23. The standard InChI is InChI=1S/C8H13N5/c1-13-4-6(5-13)12-8-7(9)10-2-3-11-8/h2-3,6H,4-5H2,1H3,(H2,9,10)(H,11,12). The van der Waals surface area contributed by atoms with E-state index in [-0.39, 0.29) is 0 Å². The first-order valence-corrected chi connectivity index (χ1v) is 4.27. The molecule has 0 aromatic carbocycles. The first kappa shape index (κ1) is 8.25. The Bertz CT molecular complexity index is 294. The van der Waals surface area contributed by atoms with Crippen LogP contribution in [0.1, 0.15) is 0 Å². The summed E-state index contributed by atoms with van der Waals surface area (Å²) in [5.74, 6) is 1.16. The lowest BCUT2D eigenvalue weighted by atomic mass is 10.1. The van der Waals surface area contributed by atoms with Gasteiger partial charge in [-0.3, -0.25) is 0 Å². The van der Waals surface area contributed by atoms with E-state index in [1.165, 1.54) is 0 Å². The van der Waals surface area contributed by atoms with Crippen molar-refractivity contribution in [3.05, 3.63) is 12.4 Å². The molecule has 0 amide bonds. The molecule has 1 fully saturated rings. The second-order valence-electron chi connectivity index (χ2n) is 3.35. The monoisotopic (exact) mass is 179 g/mol. The van der Waals surface area contributed by atoms with Crippen molar-refractivity contribution >= 4 is 11.6 Å². The average molecular weight is 179 g/mol. The average Bonchev–Trinajstić information content (AvgIpc) is 2.06. The lowest BCUT2D eigenvalue weighted by Gasteiger charge is -2.36. The minimum atomic E-state index is 0.462. The summed E-state index contributed by atoms with van der Waals surface area (Å²) in [6.07, 6.45) is 3.23.